The minimum Gasteiger partial charge on any atom is -0.507 e. The first-order valence-corrected chi connectivity index (χ1v) is 7.42. The highest BCUT2D eigenvalue weighted by Gasteiger charge is 2.62. The molecule has 2 N–H and O–H groups in total. The van der Waals surface area contributed by atoms with Crippen LogP contribution in [0.1, 0.15) is 16.7 Å². The van der Waals surface area contributed by atoms with Gasteiger partial charge < -0.3 is 14.9 Å². The van der Waals surface area contributed by atoms with Gasteiger partial charge in [0.15, 0.2) is 0 Å². The Morgan fingerprint density at radius 1 is 1.19 bits per heavy atom. The molecular formula is C18H16F3NO4. The van der Waals surface area contributed by atoms with Crippen LogP contribution in [-0.2, 0) is 15.1 Å². The SMILES string of the molecule is COC(=O)[C@](O)(c1ccc(N=Cc2ccccc2O)c(C)c1)C(F)(F)F. The van der Waals surface area contributed by atoms with E-state index in [0.29, 0.717) is 16.8 Å². The molecule has 138 valence electrons. The maximum Gasteiger partial charge on any atom is 0.432 e. The van der Waals surface area contributed by atoms with Gasteiger partial charge in [-0.2, -0.15) is 13.2 Å². The van der Waals surface area contributed by atoms with Crippen LogP contribution >= 0.6 is 0 Å². The number of methoxy groups -OCH3 is 1. The summed E-state index contributed by atoms with van der Waals surface area (Å²) in [4.78, 5) is 15.7. The normalized spacial score (nSPS) is 14.2. The molecule has 0 aliphatic rings. The van der Waals surface area contributed by atoms with Crippen LogP contribution in [0.5, 0.6) is 5.75 Å². The van der Waals surface area contributed by atoms with E-state index in [1.165, 1.54) is 25.3 Å². The molecule has 0 fully saturated rings. The predicted molar refractivity (Wildman–Crippen MR) is 88.5 cm³/mol. The largest absolute Gasteiger partial charge is 0.507 e. The van der Waals surface area contributed by atoms with Crippen LogP contribution < -0.4 is 0 Å². The number of aryl methyl sites for hydroxylation is 1. The second-order valence-corrected chi connectivity index (χ2v) is 5.52. The Hall–Kier alpha value is -2.87. The van der Waals surface area contributed by atoms with Crippen LogP contribution in [0.15, 0.2) is 47.5 Å². The summed E-state index contributed by atoms with van der Waals surface area (Å²) in [5.74, 6) is -1.82. The van der Waals surface area contributed by atoms with E-state index in [2.05, 4.69) is 9.73 Å². The standard InChI is InChI=1S/C18H16F3NO4/c1-11-9-13(17(25,16(24)26-2)18(19,20)21)7-8-14(11)22-10-12-5-3-4-6-15(12)23/h3-10,23,25H,1-2H3/t17-/m1/s1. The number of benzene rings is 2. The maximum atomic E-state index is 13.3. The van der Waals surface area contributed by atoms with Gasteiger partial charge in [0.05, 0.1) is 12.8 Å². The van der Waals surface area contributed by atoms with Crippen molar-refractivity contribution >= 4 is 17.9 Å². The lowest BCUT2D eigenvalue weighted by Crippen LogP contribution is -2.49. The van der Waals surface area contributed by atoms with Gasteiger partial charge in [-0.3, -0.25) is 4.99 Å². The molecule has 0 saturated heterocycles. The number of phenols is 1. The van der Waals surface area contributed by atoms with Crippen molar-refractivity contribution < 1.29 is 32.9 Å². The lowest BCUT2D eigenvalue weighted by atomic mass is 9.91. The van der Waals surface area contributed by atoms with Gasteiger partial charge in [-0.1, -0.05) is 24.3 Å². The monoisotopic (exact) mass is 367 g/mol. The molecule has 0 spiro atoms. The van der Waals surface area contributed by atoms with E-state index in [9.17, 15) is 28.2 Å². The van der Waals surface area contributed by atoms with Gasteiger partial charge in [-0.25, -0.2) is 4.79 Å². The number of phenolic OH excluding ortho intramolecular Hbond substituents is 1. The molecule has 26 heavy (non-hydrogen) atoms. The Morgan fingerprint density at radius 3 is 2.38 bits per heavy atom. The molecule has 5 nitrogen and oxygen atoms in total. The smallest absolute Gasteiger partial charge is 0.432 e. The fourth-order valence-corrected chi connectivity index (χ4v) is 2.31. The van der Waals surface area contributed by atoms with Gasteiger partial charge in [0, 0.05) is 17.3 Å². The summed E-state index contributed by atoms with van der Waals surface area (Å²) in [6.07, 6.45) is -3.90. The number of carbonyl (C=O) groups is 1. The van der Waals surface area contributed by atoms with Crippen molar-refractivity contribution in [2.75, 3.05) is 7.11 Å². The molecule has 0 aliphatic carbocycles. The molecule has 0 radical (unpaired) electrons. The first-order valence-electron chi connectivity index (χ1n) is 7.42. The van der Waals surface area contributed by atoms with E-state index in [1.54, 1.807) is 18.2 Å². The van der Waals surface area contributed by atoms with Crippen LogP contribution in [-0.4, -0.2) is 35.7 Å². The Morgan fingerprint density at radius 2 is 1.85 bits per heavy atom. The van der Waals surface area contributed by atoms with Gasteiger partial charge >= 0.3 is 12.1 Å². The van der Waals surface area contributed by atoms with Crippen molar-refractivity contribution in [1.29, 1.82) is 0 Å². The Labute approximate surface area is 147 Å². The van der Waals surface area contributed by atoms with Gasteiger partial charge in [-0.15, -0.1) is 0 Å². The number of halogens is 3. The summed E-state index contributed by atoms with van der Waals surface area (Å²) in [6.45, 7) is 1.48. The number of aliphatic imine (C=N–C) groups is 1. The maximum absolute atomic E-state index is 13.3. The van der Waals surface area contributed by atoms with Crippen molar-refractivity contribution in [3.05, 3.63) is 59.2 Å². The Balaban J connectivity index is 2.43. The zero-order chi connectivity index (χ0) is 19.5. The van der Waals surface area contributed by atoms with E-state index >= 15 is 0 Å². The van der Waals surface area contributed by atoms with Crippen LogP contribution in [0.25, 0.3) is 0 Å². The number of aromatic hydroxyl groups is 1. The molecular weight excluding hydrogens is 351 g/mol. The number of nitrogens with zero attached hydrogens (tertiary/aromatic N) is 1. The molecule has 0 heterocycles. The number of esters is 1. The van der Waals surface area contributed by atoms with Gasteiger partial charge in [0.25, 0.3) is 5.60 Å². The third-order valence-corrected chi connectivity index (χ3v) is 3.79. The van der Waals surface area contributed by atoms with E-state index in [0.717, 1.165) is 19.2 Å². The second-order valence-electron chi connectivity index (χ2n) is 5.52. The minimum atomic E-state index is -5.26. The number of para-hydroxylation sites is 1. The minimum absolute atomic E-state index is 0.00246. The van der Waals surface area contributed by atoms with Crippen LogP contribution in [0.2, 0.25) is 0 Å². The molecule has 0 bridgehead atoms. The van der Waals surface area contributed by atoms with Crippen LogP contribution in [0.3, 0.4) is 0 Å². The Kier molecular flexibility index (Phi) is 5.36. The third-order valence-electron chi connectivity index (χ3n) is 3.79. The average molecular weight is 367 g/mol. The molecule has 0 aliphatic heterocycles. The summed E-state index contributed by atoms with van der Waals surface area (Å²) in [7, 11) is 0.761. The van der Waals surface area contributed by atoms with Crippen molar-refractivity contribution in [2.45, 2.75) is 18.7 Å². The summed E-state index contributed by atoms with van der Waals surface area (Å²) < 4.78 is 43.9. The molecule has 1 atom stereocenters. The highest BCUT2D eigenvalue weighted by molar-refractivity contribution is 5.86. The van der Waals surface area contributed by atoms with Gasteiger partial charge in [0.1, 0.15) is 5.75 Å². The highest BCUT2D eigenvalue weighted by Crippen LogP contribution is 2.41. The first-order chi connectivity index (χ1) is 12.1. The zero-order valence-electron chi connectivity index (χ0n) is 13.9. The summed E-state index contributed by atoms with van der Waals surface area (Å²) in [5.41, 5.74) is -3.41. The van der Waals surface area contributed by atoms with Crippen LogP contribution in [0.4, 0.5) is 18.9 Å². The number of rotatable bonds is 4. The lowest BCUT2D eigenvalue weighted by Gasteiger charge is -2.28. The number of carbonyl (C=O) groups excluding carboxylic acids is 1. The molecule has 2 aromatic carbocycles. The van der Waals surface area contributed by atoms with E-state index in [4.69, 9.17) is 0 Å². The van der Waals surface area contributed by atoms with Gasteiger partial charge in [-0.05, 0) is 30.7 Å². The topological polar surface area (TPSA) is 79.1 Å². The second kappa shape index (κ2) is 7.17. The number of hydrogen-bond acceptors (Lipinski definition) is 5. The quantitative estimate of drug-likeness (QED) is 0.641. The van der Waals surface area contributed by atoms with Crippen molar-refractivity contribution in [3.63, 3.8) is 0 Å². The number of alkyl halides is 3. The Bertz CT molecular complexity index is 849. The summed E-state index contributed by atoms with van der Waals surface area (Å²) in [6, 6.07) is 9.62. The van der Waals surface area contributed by atoms with Crippen molar-refractivity contribution in [3.8, 4) is 5.75 Å². The van der Waals surface area contributed by atoms with E-state index in [-0.39, 0.29) is 5.75 Å². The molecule has 0 aromatic heterocycles. The van der Waals surface area contributed by atoms with E-state index in [1.807, 2.05) is 0 Å². The van der Waals surface area contributed by atoms with Crippen LogP contribution in [0, 0.1) is 6.92 Å². The highest BCUT2D eigenvalue weighted by atomic mass is 19.4. The molecule has 8 heteroatoms. The van der Waals surface area contributed by atoms with Crippen molar-refractivity contribution in [2.24, 2.45) is 4.99 Å². The molecule has 2 aromatic rings. The molecule has 2 rings (SSSR count). The zero-order valence-corrected chi connectivity index (χ0v) is 13.9. The van der Waals surface area contributed by atoms with E-state index < -0.39 is 23.3 Å². The van der Waals surface area contributed by atoms with Gasteiger partial charge in [0.2, 0.25) is 0 Å². The number of hydrogen-bond donors (Lipinski definition) is 2. The molecule has 0 unspecified atom stereocenters. The first kappa shape index (κ1) is 19.5. The number of ether oxygens (including phenoxy) is 1. The fourth-order valence-electron chi connectivity index (χ4n) is 2.31. The summed E-state index contributed by atoms with van der Waals surface area (Å²) in [5, 5.41) is 19.7. The molecule has 0 amide bonds. The third kappa shape index (κ3) is 3.55. The number of aliphatic hydroxyl groups is 1. The predicted octanol–water partition coefficient (Wildman–Crippen LogP) is 3.37. The summed E-state index contributed by atoms with van der Waals surface area (Å²) >= 11 is 0. The van der Waals surface area contributed by atoms with Crippen molar-refractivity contribution in [1.82, 2.24) is 0 Å². The fraction of sp³-hybridized carbons (Fsp3) is 0.222. The lowest BCUT2D eigenvalue weighted by molar-refractivity contribution is -0.266. The average Bonchev–Trinajstić information content (AvgIpc) is 2.59. The molecule has 0 saturated carbocycles.